The van der Waals surface area contributed by atoms with Crippen molar-refractivity contribution < 1.29 is 4.92 Å². The van der Waals surface area contributed by atoms with Crippen molar-refractivity contribution in [3.63, 3.8) is 0 Å². The molecule has 28 heavy (non-hydrogen) atoms. The first-order valence-corrected chi connectivity index (χ1v) is 9.58. The van der Waals surface area contributed by atoms with Gasteiger partial charge in [-0.05, 0) is 17.7 Å². The maximum absolute atomic E-state index is 12.9. The van der Waals surface area contributed by atoms with E-state index in [1.807, 2.05) is 36.4 Å². The van der Waals surface area contributed by atoms with E-state index in [0.717, 1.165) is 16.6 Å². The minimum atomic E-state index is -0.403. The lowest BCUT2D eigenvalue weighted by Crippen LogP contribution is -2.26. The van der Waals surface area contributed by atoms with Crippen molar-refractivity contribution in [2.24, 2.45) is 5.92 Å². The first kappa shape index (κ1) is 17.0. The van der Waals surface area contributed by atoms with Gasteiger partial charge in [-0.15, -0.1) is 0 Å². The summed E-state index contributed by atoms with van der Waals surface area (Å²) in [4.78, 5) is 28.8. The number of thiazole rings is 1. The Labute approximate surface area is 162 Å². The smallest absolute Gasteiger partial charge is 0.267 e. The molecule has 1 aliphatic rings. The lowest BCUT2D eigenvalue weighted by atomic mass is 9.94. The van der Waals surface area contributed by atoms with E-state index in [0.29, 0.717) is 16.0 Å². The van der Waals surface area contributed by atoms with Crippen LogP contribution in [0.25, 0.3) is 22.1 Å². The lowest BCUT2D eigenvalue weighted by Gasteiger charge is -2.15. The van der Waals surface area contributed by atoms with Crippen molar-refractivity contribution in [2.75, 3.05) is 6.54 Å². The summed E-state index contributed by atoms with van der Waals surface area (Å²) < 4.78 is 2.27. The molecule has 1 fully saturated rings. The highest BCUT2D eigenvalue weighted by atomic mass is 32.1. The summed E-state index contributed by atoms with van der Waals surface area (Å²) in [7, 11) is 0. The first-order valence-electron chi connectivity index (χ1n) is 8.76. The number of imidazole rings is 1. The van der Waals surface area contributed by atoms with Gasteiger partial charge in [-0.2, -0.15) is 0 Å². The van der Waals surface area contributed by atoms with Crippen LogP contribution in [0, 0.1) is 16.0 Å². The van der Waals surface area contributed by atoms with E-state index < -0.39 is 4.92 Å². The van der Waals surface area contributed by atoms with Crippen molar-refractivity contribution in [2.45, 2.75) is 6.04 Å². The predicted molar refractivity (Wildman–Crippen MR) is 107 cm³/mol. The van der Waals surface area contributed by atoms with E-state index in [1.54, 1.807) is 16.5 Å². The molecule has 2 aromatic heterocycles. The normalized spacial score (nSPS) is 20.4. The molecule has 1 aliphatic heterocycles. The van der Waals surface area contributed by atoms with Crippen molar-refractivity contribution in [1.82, 2.24) is 20.2 Å². The molecular formula is C19H15N5O3S. The van der Waals surface area contributed by atoms with Crippen LogP contribution in [0.15, 0.2) is 53.3 Å². The molecule has 3 heterocycles. The zero-order valence-electron chi connectivity index (χ0n) is 14.5. The third kappa shape index (κ3) is 2.68. The quantitative estimate of drug-likeness (QED) is 0.406. The Kier molecular flexibility index (Phi) is 3.93. The molecule has 2 unspecified atom stereocenters. The van der Waals surface area contributed by atoms with Crippen LogP contribution in [0.5, 0.6) is 0 Å². The zero-order chi connectivity index (χ0) is 19.3. The van der Waals surface area contributed by atoms with Gasteiger partial charge in [-0.1, -0.05) is 41.7 Å². The topological polar surface area (TPSA) is 102 Å². The van der Waals surface area contributed by atoms with Crippen LogP contribution in [0.2, 0.25) is 0 Å². The number of nitro groups is 1. The van der Waals surface area contributed by atoms with Crippen molar-refractivity contribution in [3.8, 4) is 0 Å². The number of rotatable bonds is 3. The molecular weight excluding hydrogens is 378 g/mol. The van der Waals surface area contributed by atoms with Gasteiger partial charge in [0.2, 0.25) is 0 Å². The second-order valence-electron chi connectivity index (χ2n) is 6.68. The standard InChI is InChI=1S/C19H15N5O3S/c25-18-16(28-19-21-14-6-1-2-7-15(14)23(18)19)9-12-10-20-22-17(12)11-4-3-5-13(8-11)24(26)27/h1-9,12,17,20,22H,10H2/b16-9-. The average molecular weight is 393 g/mol. The number of aromatic nitrogens is 2. The number of nitrogens with one attached hydrogen (secondary N) is 2. The van der Waals surface area contributed by atoms with Gasteiger partial charge in [0.25, 0.3) is 11.2 Å². The number of para-hydroxylation sites is 2. The molecule has 2 aromatic carbocycles. The summed E-state index contributed by atoms with van der Waals surface area (Å²) in [5.74, 6) is -0.0238. The van der Waals surface area contributed by atoms with Gasteiger partial charge >= 0.3 is 0 Å². The van der Waals surface area contributed by atoms with Crippen LogP contribution in [0.1, 0.15) is 11.6 Å². The van der Waals surface area contributed by atoms with Crippen LogP contribution in [0.4, 0.5) is 5.69 Å². The number of hydrazine groups is 1. The summed E-state index contributed by atoms with van der Waals surface area (Å²) in [6, 6.07) is 14.0. The number of benzene rings is 2. The molecule has 2 N–H and O–H groups in total. The summed E-state index contributed by atoms with van der Waals surface area (Å²) in [5, 5.41) is 11.1. The molecule has 8 nitrogen and oxygen atoms in total. The molecule has 2 atom stereocenters. The van der Waals surface area contributed by atoms with Gasteiger partial charge in [-0.25, -0.2) is 14.8 Å². The van der Waals surface area contributed by atoms with Crippen molar-refractivity contribution in [1.29, 1.82) is 0 Å². The van der Waals surface area contributed by atoms with E-state index in [4.69, 9.17) is 0 Å². The SMILES string of the molecule is O=c1/c(=C/C2CNNC2c2cccc([N+](=O)[O-])c2)sc2nc3ccccc3n12. The molecule has 140 valence electrons. The van der Waals surface area contributed by atoms with Crippen LogP contribution < -0.4 is 20.9 Å². The number of nitro benzene ring substituents is 1. The van der Waals surface area contributed by atoms with E-state index in [-0.39, 0.29) is 23.2 Å². The summed E-state index contributed by atoms with van der Waals surface area (Å²) in [6.07, 6.45) is 1.94. The Morgan fingerprint density at radius 3 is 2.96 bits per heavy atom. The highest BCUT2D eigenvalue weighted by Gasteiger charge is 2.28. The van der Waals surface area contributed by atoms with Crippen LogP contribution in [0.3, 0.4) is 0 Å². The molecule has 4 aromatic rings. The van der Waals surface area contributed by atoms with Crippen LogP contribution >= 0.6 is 11.3 Å². The minimum absolute atomic E-state index is 0.0238. The molecule has 1 saturated heterocycles. The van der Waals surface area contributed by atoms with Crippen molar-refractivity contribution in [3.05, 3.63) is 79.1 Å². The minimum Gasteiger partial charge on any atom is -0.267 e. The number of nitrogens with zero attached hydrogens (tertiary/aromatic N) is 3. The Bertz CT molecular complexity index is 1330. The largest absolute Gasteiger partial charge is 0.274 e. The number of hydrogen-bond acceptors (Lipinski definition) is 7. The molecule has 0 bridgehead atoms. The first-order chi connectivity index (χ1) is 13.6. The van der Waals surface area contributed by atoms with E-state index in [2.05, 4.69) is 15.8 Å². The Morgan fingerprint density at radius 1 is 1.25 bits per heavy atom. The van der Waals surface area contributed by atoms with Gasteiger partial charge in [0, 0.05) is 24.6 Å². The van der Waals surface area contributed by atoms with E-state index in [9.17, 15) is 14.9 Å². The molecule has 5 rings (SSSR count). The Morgan fingerprint density at radius 2 is 2.11 bits per heavy atom. The highest BCUT2D eigenvalue weighted by Crippen LogP contribution is 2.28. The van der Waals surface area contributed by atoms with Gasteiger partial charge in [0.1, 0.15) is 0 Å². The second-order valence-corrected chi connectivity index (χ2v) is 7.68. The van der Waals surface area contributed by atoms with Crippen LogP contribution in [-0.2, 0) is 0 Å². The Hall–Kier alpha value is -3.14. The van der Waals surface area contributed by atoms with Gasteiger partial charge in [0.15, 0.2) is 4.96 Å². The summed E-state index contributed by atoms with van der Waals surface area (Å²) >= 11 is 1.36. The number of fused-ring (bicyclic) bond motifs is 3. The second kappa shape index (κ2) is 6.48. The fourth-order valence-electron chi connectivity index (χ4n) is 3.65. The van der Waals surface area contributed by atoms with Crippen LogP contribution in [-0.4, -0.2) is 20.9 Å². The molecule has 0 radical (unpaired) electrons. The molecule has 0 saturated carbocycles. The molecule has 0 aliphatic carbocycles. The molecule has 0 spiro atoms. The maximum Gasteiger partial charge on any atom is 0.274 e. The maximum atomic E-state index is 12.9. The fraction of sp³-hybridized carbons (Fsp3) is 0.158. The van der Waals surface area contributed by atoms with Gasteiger partial charge in [-0.3, -0.25) is 20.3 Å². The third-order valence-corrected chi connectivity index (χ3v) is 5.96. The average Bonchev–Trinajstić information content (AvgIpc) is 3.38. The van der Waals surface area contributed by atoms with Gasteiger partial charge in [0.05, 0.1) is 26.5 Å². The van der Waals surface area contributed by atoms with Gasteiger partial charge < -0.3 is 0 Å². The van der Waals surface area contributed by atoms with E-state index >= 15 is 0 Å². The monoisotopic (exact) mass is 393 g/mol. The highest BCUT2D eigenvalue weighted by molar-refractivity contribution is 7.15. The zero-order valence-corrected chi connectivity index (χ0v) is 15.3. The molecule has 0 amide bonds. The van der Waals surface area contributed by atoms with E-state index in [1.165, 1.54) is 17.4 Å². The number of hydrogen-bond donors (Lipinski definition) is 2. The predicted octanol–water partition coefficient (Wildman–Crippen LogP) is 1.78. The molecule has 9 heteroatoms. The third-order valence-electron chi connectivity index (χ3n) is 4.97. The lowest BCUT2D eigenvalue weighted by molar-refractivity contribution is -0.384. The summed E-state index contributed by atoms with van der Waals surface area (Å²) in [6.45, 7) is 0.619. The summed E-state index contributed by atoms with van der Waals surface area (Å²) in [5.41, 5.74) is 8.63. The van der Waals surface area contributed by atoms with Crippen molar-refractivity contribution >= 4 is 39.1 Å². The fourth-order valence-corrected chi connectivity index (χ4v) is 4.68. The number of non-ortho nitro benzene ring substituents is 1. The Balaban J connectivity index is 1.58.